The van der Waals surface area contributed by atoms with Crippen LogP contribution in [0, 0.1) is 0 Å². The van der Waals surface area contributed by atoms with E-state index < -0.39 is 11.7 Å². The van der Waals surface area contributed by atoms with Crippen LogP contribution in [-0.2, 0) is 6.18 Å². The zero-order valence-corrected chi connectivity index (χ0v) is 14.9. The van der Waals surface area contributed by atoms with E-state index in [4.69, 9.17) is 25.8 Å². The fourth-order valence-corrected chi connectivity index (χ4v) is 2.27. The molecule has 5 nitrogen and oxygen atoms in total. The van der Waals surface area contributed by atoms with Crippen LogP contribution in [0.2, 0.25) is 5.02 Å². The van der Waals surface area contributed by atoms with Gasteiger partial charge >= 0.3 is 6.18 Å². The van der Waals surface area contributed by atoms with E-state index in [2.05, 4.69) is 10.5 Å². The average Bonchev–Trinajstić information content (AvgIpc) is 2.61. The van der Waals surface area contributed by atoms with Crippen LogP contribution < -0.4 is 19.6 Å². The number of alkyl halides is 3. The Bertz CT molecular complexity index is 811. The molecular formula is C17H16ClF3N2O3. The van der Waals surface area contributed by atoms with Crippen LogP contribution in [-0.4, -0.2) is 27.5 Å². The van der Waals surface area contributed by atoms with Crippen LogP contribution in [0.1, 0.15) is 11.1 Å². The molecule has 0 spiro atoms. The van der Waals surface area contributed by atoms with Gasteiger partial charge in [-0.05, 0) is 24.3 Å². The molecular weight excluding hydrogens is 373 g/mol. The fourth-order valence-electron chi connectivity index (χ4n) is 2.11. The summed E-state index contributed by atoms with van der Waals surface area (Å²) in [5.74, 6) is 1.37. The molecule has 0 radical (unpaired) electrons. The van der Waals surface area contributed by atoms with Crippen molar-refractivity contribution in [1.82, 2.24) is 0 Å². The van der Waals surface area contributed by atoms with Crippen molar-refractivity contribution < 1.29 is 27.4 Å². The van der Waals surface area contributed by atoms with Gasteiger partial charge in [-0.25, -0.2) is 0 Å². The molecule has 0 aliphatic carbocycles. The summed E-state index contributed by atoms with van der Waals surface area (Å²) >= 11 is 5.91. The van der Waals surface area contributed by atoms with Gasteiger partial charge in [0.1, 0.15) is 5.75 Å². The van der Waals surface area contributed by atoms with E-state index in [1.54, 1.807) is 12.1 Å². The van der Waals surface area contributed by atoms with Crippen LogP contribution in [0.5, 0.6) is 17.2 Å². The van der Waals surface area contributed by atoms with E-state index >= 15 is 0 Å². The number of hydrazone groups is 1. The molecule has 0 heterocycles. The van der Waals surface area contributed by atoms with Crippen LogP contribution in [0.4, 0.5) is 18.9 Å². The highest BCUT2D eigenvalue weighted by Crippen LogP contribution is 2.35. The Balaban J connectivity index is 2.28. The predicted octanol–water partition coefficient (Wildman–Crippen LogP) is 4.83. The van der Waals surface area contributed by atoms with Gasteiger partial charge in [0.05, 0.1) is 43.8 Å². The predicted molar refractivity (Wildman–Crippen MR) is 93.8 cm³/mol. The standard InChI is InChI=1S/C17H16ClF3N2O3/c1-24-14-8-16(26-3)15(25-2)6-10(14)9-22-23-13-7-11(17(19,20)21)4-5-12(13)18/h4-9,23H,1-3H3. The molecule has 9 heteroatoms. The molecule has 2 aromatic carbocycles. The Kier molecular flexibility index (Phi) is 6.20. The lowest BCUT2D eigenvalue weighted by atomic mass is 10.2. The van der Waals surface area contributed by atoms with Gasteiger partial charge in [-0.3, -0.25) is 5.43 Å². The SMILES string of the molecule is COc1cc(OC)c(OC)cc1C=NNc1cc(C(F)(F)F)ccc1Cl. The smallest absolute Gasteiger partial charge is 0.416 e. The zero-order chi connectivity index (χ0) is 19.3. The van der Waals surface area contributed by atoms with Gasteiger partial charge in [-0.15, -0.1) is 0 Å². The quantitative estimate of drug-likeness (QED) is 0.569. The number of ether oxygens (including phenoxy) is 3. The van der Waals surface area contributed by atoms with Crippen molar-refractivity contribution in [2.24, 2.45) is 5.10 Å². The molecule has 0 fully saturated rings. The number of nitrogens with one attached hydrogen (secondary N) is 1. The van der Waals surface area contributed by atoms with Crippen molar-refractivity contribution in [2.45, 2.75) is 6.18 Å². The highest BCUT2D eigenvalue weighted by atomic mass is 35.5. The van der Waals surface area contributed by atoms with Gasteiger partial charge in [0, 0.05) is 11.6 Å². The van der Waals surface area contributed by atoms with Crippen molar-refractivity contribution >= 4 is 23.5 Å². The molecule has 2 aromatic rings. The second-order valence-electron chi connectivity index (χ2n) is 5.01. The molecule has 0 saturated heterocycles. The van der Waals surface area contributed by atoms with E-state index in [1.807, 2.05) is 0 Å². The number of anilines is 1. The summed E-state index contributed by atoms with van der Waals surface area (Å²) in [6.07, 6.45) is -3.10. The first kappa shape index (κ1) is 19.7. The monoisotopic (exact) mass is 388 g/mol. The highest BCUT2D eigenvalue weighted by Gasteiger charge is 2.30. The molecule has 0 saturated carbocycles. The first-order valence-electron chi connectivity index (χ1n) is 7.26. The molecule has 0 unspecified atom stereocenters. The lowest BCUT2D eigenvalue weighted by Gasteiger charge is -2.12. The Hall–Kier alpha value is -2.61. The van der Waals surface area contributed by atoms with E-state index in [0.717, 1.165) is 18.2 Å². The molecule has 26 heavy (non-hydrogen) atoms. The Morgan fingerprint density at radius 3 is 2.15 bits per heavy atom. The Morgan fingerprint density at radius 2 is 1.58 bits per heavy atom. The summed E-state index contributed by atoms with van der Waals surface area (Å²) in [6.45, 7) is 0. The third kappa shape index (κ3) is 4.51. The van der Waals surface area contributed by atoms with E-state index in [9.17, 15) is 13.2 Å². The normalized spacial score (nSPS) is 11.5. The number of rotatable bonds is 6. The van der Waals surface area contributed by atoms with Crippen LogP contribution in [0.15, 0.2) is 35.4 Å². The highest BCUT2D eigenvalue weighted by molar-refractivity contribution is 6.33. The molecule has 1 N–H and O–H groups in total. The number of nitrogens with zero attached hydrogens (tertiary/aromatic N) is 1. The van der Waals surface area contributed by atoms with Crippen LogP contribution >= 0.6 is 11.6 Å². The van der Waals surface area contributed by atoms with E-state index in [0.29, 0.717) is 22.8 Å². The van der Waals surface area contributed by atoms with E-state index in [-0.39, 0.29) is 10.7 Å². The molecule has 0 aliphatic rings. The molecule has 0 bridgehead atoms. The number of hydrogen-bond acceptors (Lipinski definition) is 5. The van der Waals surface area contributed by atoms with Gasteiger partial charge < -0.3 is 14.2 Å². The van der Waals surface area contributed by atoms with Gasteiger partial charge in [0.25, 0.3) is 0 Å². The Labute approximate surface area is 153 Å². The summed E-state index contributed by atoms with van der Waals surface area (Å²) in [4.78, 5) is 0. The molecule has 0 aliphatic heterocycles. The molecule has 0 atom stereocenters. The van der Waals surface area contributed by atoms with Gasteiger partial charge in [-0.1, -0.05) is 11.6 Å². The summed E-state index contributed by atoms with van der Waals surface area (Å²) in [6, 6.07) is 6.16. The minimum absolute atomic E-state index is 0.0252. The van der Waals surface area contributed by atoms with Gasteiger partial charge in [-0.2, -0.15) is 18.3 Å². The first-order valence-corrected chi connectivity index (χ1v) is 7.63. The minimum atomic E-state index is -4.47. The summed E-state index contributed by atoms with van der Waals surface area (Å²) in [5, 5.41) is 4.04. The maximum atomic E-state index is 12.8. The largest absolute Gasteiger partial charge is 0.496 e. The topological polar surface area (TPSA) is 52.1 Å². The maximum absolute atomic E-state index is 12.8. The van der Waals surface area contributed by atoms with Crippen molar-refractivity contribution in [3.63, 3.8) is 0 Å². The third-order valence-electron chi connectivity index (χ3n) is 3.42. The number of methoxy groups -OCH3 is 3. The van der Waals surface area contributed by atoms with Crippen LogP contribution in [0.25, 0.3) is 0 Å². The minimum Gasteiger partial charge on any atom is -0.496 e. The van der Waals surface area contributed by atoms with Gasteiger partial charge in [0.2, 0.25) is 0 Å². The van der Waals surface area contributed by atoms with Crippen molar-refractivity contribution in [3.8, 4) is 17.2 Å². The lowest BCUT2D eigenvalue weighted by Crippen LogP contribution is -2.05. The van der Waals surface area contributed by atoms with Crippen molar-refractivity contribution in [3.05, 3.63) is 46.5 Å². The van der Waals surface area contributed by atoms with Crippen molar-refractivity contribution in [2.75, 3.05) is 26.8 Å². The maximum Gasteiger partial charge on any atom is 0.416 e. The number of hydrogen-bond donors (Lipinski definition) is 1. The third-order valence-corrected chi connectivity index (χ3v) is 3.75. The summed E-state index contributed by atoms with van der Waals surface area (Å²) in [5.41, 5.74) is 2.22. The van der Waals surface area contributed by atoms with E-state index in [1.165, 1.54) is 27.5 Å². The lowest BCUT2D eigenvalue weighted by molar-refractivity contribution is -0.137. The summed E-state index contributed by atoms with van der Waals surface area (Å²) < 4.78 is 54.0. The molecule has 0 amide bonds. The Morgan fingerprint density at radius 1 is 0.962 bits per heavy atom. The number of benzene rings is 2. The summed E-state index contributed by atoms with van der Waals surface area (Å²) in [7, 11) is 4.43. The molecule has 140 valence electrons. The van der Waals surface area contributed by atoms with Crippen LogP contribution in [0.3, 0.4) is 0 Å². The zero-order valence-electron chi connectivity index (χ0n) is 14.1. The second-order valence-corrected chi connectivity index (χ2v) is 5.42. The first-order chi connectivity index (χ1) is 12.3. The van der Waals surface area contributed by atoms with Gasteiger partial charge in [0.15, 0.2) is 11.5 Å². The van der Waals surface area contributed by atoms with Crippen molar-refractivity contribution in [1.29, 1.82) is 0 Å². The molecule has 0 aromatic heterocycles. The second kappa shape index (κ2) is 8.18. The fraction of sp³-hybridized carbons (Fsp3) is 0.235. The number of halogens is 4. The molecule has 2 rings (SSSR count). The average molecular weight is 389 g/mol.